The van der Waals surface area contributed by atoms with E-state index >= 15 is 0 Å². The number of nitrogens with zero attached hydrogens (tertiary/aromatic N) is 1. The van der Waals surface area contributed by atoms with Gasteiger partial charge in [-0.2, -0.15) is 0 Å². The Morgan fingerprint density at radius 3 is 2.52 bits per heavy atom. The van der Waals surface area contributed by atoms with Gasteiger partial charge in [0.25, 0.3) is 0 Å². The molecular formula is C19H22BrN3O2. The van der Waals surface area contributed by atoms with E-state index in [2.05, 4.69) is 26.6 Å². The highest BCUT2D eigenvalue weighted by atomic mass is 79.9. The molecule has 6 heteroatoms. The largest absolute Gasteiger partial charge is 0.325 e. The number of nitrogens with one attached hydrogen (secondary N) is 2. The Labute approximate surface area is 156 Å². The van der Waals surface area contributed by atoms with Gasteiger partial charge in [0.2, 0.25) is 5.91 Å². The lowest BCUT2D eigenvalue weighted by Gasteiger charge is -2.17. The Morgan fingerprint density at radius 1 is 1.12 bits per heavy atom. The molecule has 2 aromatic rings. The lowest BCUT2D eigenvalue weighted by molar-refractivity contribution is -0.120. The Kier molecular flexibility index (Phi) is 6.73. The third-order valence-corrected chi connectivity index (χ3v) is 4.47. The molecule has 0 heterocycles. The molecule has 2 rings (SSSR count). The molecule has 25 heavy (non-hydrogen) atoms. The fourth-order valence-corrected chi connectivity index (χ4v) is 2.90. The first kappa shape index (κ1) is 19.1. The molecule has 0 atom stereocenters. The van der Waals surface area contributed by atoms with Gasteiger partial charge in [0.1, 0.15) is 0 Å². The molecular weight excluding hydrogens is 382 g/mol. The predicted octanol–water partition coefficient (Wildman–Crippen LogP) is 3.85. The number of anilines is 1. The Bertz CT molecular complexity index is 777. The van der Waals surface area contributed by atoms with Gasteiger partial charge in [-0.05, 0) is 44.2 Å². The van der Waals surface area contributed by atoms with Crippen LogP contribution in [0.15, 0.2) is 46.9 Å². The van der Waals surface area contributed by atoms with Gasteiger partial charge in [0.15, 0.2) is 0 Å². The van der Waals surface area contributed by atoms with E-state index in [1.807, 2.05) is 68.3 Å². The first-order valence-electron chi connectivity index (χ1n) is 7.95. The maximum Gasteiger partial charge on any atom is 0.325 e. The number of carbonyl (C=O) groups is 2. The summed E-state index contributed by atoms with van der Waals surface area (Å²) in [4.78, 5) is 25.9. The Morgan fingerprint density at radius 2 is 1.84 bits per heavy atom. The number of urea groups is 1. The fraction of sp³-hybridized carbons (Fsp3) is 0.263. The van der Waals surface area contributed by atoms with Crippen molar-refractivity contribution in [1.82, 2.24) is 10.2 Å². The number of benzene rings is 2. The number of rotatable bonds is 5. The monoisotopic (exact) mass is 403 g/mol. The first-order valence-corrected chi connectivity index (χ1v) is 8.74. The predicted molar refractivity (Wildman–Crippen MR) is 104 cm³/mol. The van der Waals surface area contributed by atoms with Crippen LogP contribution in [-0.2, 0) is 11.3 Å². The summed E-state index contributed by atoms with van der Waals surface area (Å²) in [5.41, 5.74) is 3.84. The lowest BCUT2D eigenvalue weighted by atomic mass is 10.1. The van der Waals surface area contributed by atoms with Crippen LogP contribution in [0.4, 0.5) is 10.5 Å². The van der Waals surface area contributed by atoms with Gasteiger partial charge in [0.05, 0.1) is 6.54 Å². The summed E-state index contributed by atoms with van der Waals surface area (Å²) in [6.07, 6.45) is 0. The number of carbonyl (C=O) groups excluding carboxylic acids is 2. The first-order chi connectivity index (χ1) is 11.8. The minimum absolute atomic E-state index is 0.127. The van der Waals surface area contributed by atoms with Crippen molar-refractivity contribution in [3.63, 3.8) is 0 Å². The summed E-state index contributed by atoms with van der Waals surface area (Å²) in [5.74, 6) is -0.350. The molecule has 0 saturated heterocycles. The summed E-state index contributed by atoms with van der Waals surface area (Å²) in [6.45, 7) is 4.63. The van der Waals surface area contributed by atoms with Crippen molar-refractivity contribution < 1.29 is 9.59 Å². The molecule has 5 nitrogen and oxygen atoms in total. The molecule has 0 fully saturated rings. The minimum Gasteiger partial charge on any atom is -0.307 e. The van der Waals surface area contributed by atoms with Gasteiger partial charge >= 0.3 is 6.03 Å². The molecule has 2 N–H and O–H groups in total. The molecule has 132 valence electrons. The molecule has 0 spiro atoms. The van der Waals surface area contributed by atoms with Crippen LogP contribution in [0.1, 0.15) is 16.7 Å². The van der Waals surface area contributed by atoms with Gasteiger partial charge in [-0.15, -0.1) is 0 Å². The lowest BCUT2D eigenvalue weighted by Crippen LogP contribution is -2.40. The summed E-state index contributed by atoms with van der Waals surface area (Å²) in [5, 5.41) is 5.06. The van der Waals surface area contributed by atoms with Crippen molar-refractivity contribution in [3.8, 4) is 0 Å². The molecule has 0 aliphatic carbocycles. The molecule has 2 aromatic carbocycles. The van der Waals surface area contributed by atoms with Crippen LogP contribution in [0.5, 0.6) is 0 Å². The maximum absolute atomic E-state index is 12.0. The van der Waals surface area contributed by atoms with Crippen LogP contribution >= 0.6 is 15.9 Å². The molecule has 0 radical (unpaired) electrons. The number of hydrogen-bond donors (Lipinski definition) is 2. The smallest absolute Gasteiger partial charge is 0.307 e. The highest BCUT2D eigenvalue weighted by Crippen LogP contribution is 2.17. The van der Waals surface area contributed by atoms with E-state index in [-0.39, 0.29) is 12.5 Å². The minimum atomic E-state index is -0.522. The molecule has 0 bridgehead atoms. The SMILES string of the molecule is Cc1ccc(NC(=O)NC(=O)CN(C)Cc2ccccc2Br)c(C)c1. The van der Waals surface area contributed by atoms with Crippen molar-refractivity contribution in [1.29, 1.82) is 0 Å². The highest BCUT2D eigenvalue weighted by molar-refractivity contribution is 9.10. The van der Waals surface area contributed by atoms with Crippen LogP contribution in [0, 0.1) is 13.8 Å². The van der Waals surface area contributed by atoms with Crippen LogP contribution in [-0.4, -0.2) is 30.4 Å². The van der Waals surface area contributed by atoms with E-state index in [4.69, 9.17) is 0 Å². The van der Waals surface area contributed by atoms with Gasteiger partial charge < -0.3 is 5.32 Å². The number of amides is 3. The zero-order chi connectivity index (χ0) is 18.4. The van der Waals surface area contributed by atoms with Crippen molar-refractivity contribution in [2.45, 2.75) is 20.4 Å². The number of aryl methyl sites for hydroxylation is 2. The van der Waals surface area contributed by atoms with Crippen LogP contribution in [0.25, 0.3) is 0 Å². The third kappa shape index (κ3) is 5.99. The van der Waals surface area contributed by atoms with Gasteiger partial charge in [-0.1, -0.05) is 51.8 Å². The second kappa shape index (κ2) is 8.78. The topological polar surface area (TPSA) is 61.4 Å². The van der Waals surface area contributed by atoms with Gasteiger partial charge in [-0.25, -0.2) is 4.79 Å². The summed E-state index contributed by atoms with van der Waals surface area (Å²) >= 11 is 3.49. The van der Waals surface area contributed by atoms with Gasteiger partial charge in [-0.3, -0.25) is 15.0 Å². The summed E-state index contributed by atoms with van der Waals surface area (Å²) in [7, 11) is 1.83. The number of imide groups is 1. The molecule has 0 aliphatic rings. The van der Waals surface area contributed by atoms with E-state index in [9.17, 15) is 9.59 Å². The number of likely N-dealkylation sites (N-methyl/N-ethyl adjacent to an activating group) is 1. The standard InChI is InChI=1S/C19H22BrN3O2/c1-13-8-9-17(14(2)10-13)21-19(25)22-18(24)12-23(3)11-15-6-4-5-7-16(15)20/h4-10H,11-12H2,1-3H3,(H2,21,22,24,25). The summed E-state index contributed by atoms with van der Waals surface area (Å²) in [6, 6.07) is 13.0. The normalized spacial score (nSPS) is 10.6. The molecule has 0 saturated carbocycles. The van der Waals surface area contributed by atoms with Crippen LogP contribution in [0.3, 0.4) is 0 Å². The zero-order valence-corrected chi connectivity index (χ0v) is 16.2. The molecule has 0 aromatic heterocycles. The van der Waals surface area contributed by atoms with Crippen LogP contribution in [0.2, 0.25) is 0 Å². The van der Waals surface area contributed by atoms with Crippen molar-refractivity contribution in [2.24, 2.45) is 0 Å². The number of hydrogen-bond acceptors (Lipinski definition) is 3. The zero-order valence-electron chi connectivity index (χ0n) is 14.6. The van der Waals surface area contributed by atoms with Crippen molar-refractivity contribution in [3.05, 3.63) is 63.6 Å². The third-order valence-electron chi connectivity index (χ3n) is 3.69. The van der Waals surface area contributed by atoms with E-state index in [1.54, 1.807) is 0 Å². The average molecular weight is 404 g/mol. The summed E-state index contributed by atoms with van der Waals surface area (Å²) < 4.78 is 0.995. The average Bonchev–Trinajstić information content (AvgIpc) is 2.52. The van der Waals surface area contributed by atoms with Gasteiger partial charge in [0, 0.05) is 16.7 Å². The molecule has 3 amide bonds. The number of halogens is 1. The van der Waals surface area contributed by atoms with Crippen LogP contribution < -0.4 is 10.6 Å². The van der Waals surface area contributed by atoms with E-state index in [1.165, 1.54) is 0 Å². The highest BCUT2D eigenvalue weighted by Gasteiger charge is 2.12. The van der Waals surface area contributed by atoms with E-state index in [0.29, 0.717) is 12.2 Å². The van der Waals surface area contributed by atoms with Crippen molar-refractivity contribution in [2.75, 3.05) is 18.9 Å². The van der Waals surface area contributed by atoms with Crippen molar-refractivity contribution >= 4 is 33.6 Å². The maximum atomic E-state index is 12.0. The molecule has 0 unspecified atom stereocenters. The second-order valence-corrected chi connectivity index (χ2v) is 6.94. The second-order valence-electron chi connectivity index (χ2n) is 6.08. The van der Waals surface area contributed by atoms with E-state index in [0.717, 1.165) is 21.2 Å². The Balaban J connectivity index is 1.84. The fourth-order valence-electron chi connectivity index (χ4n) is 2.49. The molecule has 0 aliphatic heterocycles. The quantitative estimate of drug-likeness (QED) is 0.796. The van der Waals surface area contributed by atoms with E-state index < -0.39 is 6.03 Å². The Hall–Kier alpha value is -2.18.